The molecule has 2 rings (SSSR count). The Balaban J connectivity index is 1.60. The van der Waals surface area contributed by atoms with Crippen molar-refractivity contribution in [2.24, 2.45) is 0 Å². The summed E-state index contributed by atoms with van der Waals surface area (Å²) in [6, 6.07) is 0. The first-order chi connectivity index (χ1) is 5.95. The van der Waals surface area contributed by atoms with E-state index in [9.17, 15) is 0 Å². The minimum Gasteiger partial charge on any atom is -0.353 e. The monoisotopic (exact) mass is 174 g/mol. The maximum atomic E-state index is 5.41. The maximum absolute atomic E-state index is 5.41. The lowest BCUT2D eigenvalue weighted by molar-refractivity contribution is -0.168. The molecule has 2 saturated heterocycles. The van der Waals surface area contributed by atoms with Crippen molar-refractivity contribution in [1.29, 1.82) is 0 Å². The minimum atomic E-state index is -0.172. The van der Waals surface area contributed by atoms with Crippen LogP contribution in [0.3, 0.4) is 0 Å². The van der Waals surface area contributed by atoms with Gasteiger partial charge in [-0.25, -0.2) is 0 Å². The average Bonchev–Trinajstić information content (AvgIpc) is 2.74. The Hall–Kier alpha value is -0.160. The summed E-state index contributed by atoms with van der Waals surface area (Å²) >= 11 is 0. The zero-order valence-electron chi connectivity index (χ0n) is 7.03. The average molecular weight is 174 g/mol. The molecule has 0 aliphatic carbocycles. The molecule has 1 unspecified atom stereocenters. The number of hydrogen-bond acceptors (Lipinski definition) is 4. The van der Waals surface area contributed by atoms with Gasteiger partial charge in [-0.2, -0.15) is 0 Å². The van der Waals surface area contributed by atoms with Gasteiger partial charge in [-0.05, 0) is 6.42 Å². The third kappa shape index (κ3) is 2.17. The van der Waals surface area contributed by atoms with Gasteiger partial charge in [0.15, 0.2) is 12.6 Å². The first-order valence-corrected chi connectivity index (χ1v) is 4.41. The van der Waals surface area contributed by atoms with Crippen molar-refractivity contribution in [2.75, 3.05) is 26.4 Å². The van der Waals surface area contributed by atoms with E-state index < -0.39 is 0 Å². The lowest BCUT2D eigenvalue weighted by Crippen LogP contribution is -2.21. The van der Waals surface area contributed by atoms with Crippen LogP contribution in [-0.2, 0) is 18.9 Å². The Bertz CT molecular complexity index is 111. The van der Waals surface area contributed by atoms with Crippen LogP contribution in [0, 0.1) is 0 Å². The Kier molecular flexibility index (Phi) is 2.94. The van der Waals surface area contributed by atoms with Gasteiger partial charge in [0.1, 0.15) is 6.61 Å². The van der Waals surface area contributed by atoms with Crippen molar-refractivity contribution < 1.29 is 18.9 Å². The minimum absolute atomic E-state index is 0.0298. The molecule has 0 aromatic carbocycles. The molecule has 1 atom stereocenters. The molecule has 2 aliphatic heterocycles. The topological polar surface area (TPSA) is 36.9 Å². The highest BCUT2D eigenvalue weighted by atomic mass is 16.7. The fraction of sp³-hybridized carbons (Fsp3) is 1.00. The molecule has 70 valence electrons. The second-order valence-electron chi connectivity index (χ2n) is 2.95. The molecule has 12 heavy (non-hydrogen) atoms. The highest BCUT2D eigenvalue weighted by molar-refractivity contribution is 4.56. The van der Waals surface area contributed by atoms with Crippen molar-refractivity contribution in [1.82, 2.24) is 0 Å². The Morgan fingerprint density at radius 2 is 1.92 bits per heavy atom. The fourth-order valence-corrected chi connectivity index (χ4v) is 1.37. The van der Waals surface area contributed by atoms with E-state index in [0.717, 1.165) is 19.4 Å². The van der Waals surface area contributed by atoms with Gasteiger partial charge in [-0.3, -0.25) is 0 Å². The molecule has 2 fully saturated rings. The molecule has 0 N–H and O–H groups in total. The van der Waals surface area contributed by atoms with Crippen molar-refractivity contribution in [2.45, 2.75) is 25.4 Å². The van der Waals surface area contributed by atoms with Gasteiger partial charge in [0, 0.05) is 13.0 Å². The summed E-state index contributed by atoms with van der Waals surface area (Å²) in [4.78, 5) is 0. The largest absolute Gasteiger partial charge is 0.353 e. The van der Waals surface area contributed by atoms with E-state index in [4.69, 9.17) is 18.9 Å². The van der Waals surface area contributed by atoms with Crippen LogP contribution in [0.25, 0.3) is 0 Å². The van der Waals surface area contributed by atoms with E-state index in [1.807, 2.05) is 0 Å². The van der Waals surface area contributed by atoms with Crippen molar-refractivity contribution in [3.8, 4) is 0 Å². The van der Waals surface area contributed by atoms with E-state index in [1.165, 1.54) is 0 Å². The van der Waals surface area contributed by atoms with Gasteiger partial charge in [0.05, 0.1) is 13.2 Å². The van der Waals surface area contributed by atoms with E-state index in [-0.39, 0.29) is 12.6 Å². The lowest BCUT2D eigenvalue weighted by Gasteiger charge is -2.13. The number of rotatable bonds is 3. The Morgan fingerprint density at radius 3 is 2.58 bits per heavy atom. The normalized spacial score (nSPS) is 31.5. The highest BCUT2D eigenvalue weighted by Crippen LogP contribution is 2.14. The summed E-state index contributed by atoms with van der Waals surface area (Å²) < 4.78 is 21.1. The standard InChI is InChI=1S/C8H14O4/c1-2-7(9-3-1)12-6-8-10-4-5-11-8/h7-8H,1-6H2. The van der Waals surface area contributed by atoms with E-state index in [2.05, 4.69) is 0 Å². The summed E-state index contributed by atoms with van der Waals surface area (Å²) in [5.74, 6) is 0. The van der Waals surface area contributed by atoms with Gasteiger partial charge in [-0.1, -0.05) is 0 Å². The first kappa shape index (κ1) is 8.44. The zero-order chi connectivity index (χ0) is 8.23. The van der Waals surface area contributed by atoms with E-state index in [1.54, 1.807) is 0 Å². The van der Waals surface area contributed by atoms with Crippen molar-refractivity contribution in [3.63, 3.8) is 0 Å². The number of ether oxygens (including phenoxy) is 4. The smallest absolute Gasteiger partial charge is 0.181 e. The van der Waals surface area contributed by atoms with Gasteiger partial charge in [0.2, 0.25) is 0 Å². The predicted octanol–water partition coefficient (Wildman–Crippen LogP) is 0.512. The van der Waals surface area contributed by atoms with E-state index in [0.29, 0.717) is 19.8 Å². The summed E-state index contributed by atoms with van der Waals surface area (Å²) in [6.07, 6.45) is 1.89. The van der Waals surface area contributed by atoms with Crippen LogP contribution >= 0.6 is 0 Å². The van der Waals surface area contributed by atoms with Gasteiger partial charge in [-0.15, -0.1) is 0 Å². The molecule has 2 heterocycles. The zero-order valence-corrected chi connectivity index (χ0v) is 7.03. The third-order valence-electron chi connectivity index (χ3n) is 2.00. The predicted molar refractivity (Wildman–Crippen MR) is 40.6 cm³/mol. The van der Waals surface area contributed by atoms with Crippen LogP contribution in [-0.4, -0.2) is 39.0 Å². The molecule has 2 aliphatic rings. The highest BCUT2D eigenvalue weighted by Gasteiger charge is 2.21. The van der Waals surface area contributed by atoms with E-state index >= 15 is 0 Å². The number of hydrogen-bond donors (Lipinski definition) is 0. The van der Waals surface area contributed by atoms with Gasteiger partial charge < -0.3 is 18.9 Å². The molecule has 4 nitrogen and oxygen atoms in total. The second kappa shape index (κ2) is 4.18. The molecule has 0 saturated carbocycles. The van der Waals surface area contributed by atoms with Gasteiger partial charge in [0.25, 0.3) is 0 Å². The fourth-order valence-electron chi connectivity index (χ4n) is 1.37. The van der Waals surface area contributed by atoms with Crippen LogP contribution in [0.15, 0.2) is 0 Å². The molecule has 0 aromatic rings. The van der Waals surface area contributed by atoms with Crippen LogP contribution in [0.2, 0.25) is 0 Å². The molecule has 4 heteroatoms. The summed E-state index contributed by atoms with van der Waals surface area (Å²) in [5, 5.41) is 0. The summed E-state index contributed by atoms with van der Waals surface area (Å²) in [5.41, 5.74) is 0. The summed E-state index contributed by atoms with van der Waals surface area (Å²) in [7, 11) is 0. The third-order valence-corrected chi connectivity index (χ3v) is 2.00. The van der Waals surface area contributed by atoms with Crippen molar-refractivity contribution >= 4 is 0 Å². The SMILES string of the molecule is C1COC(OCC2OCCO2)C1. The van der Waals surface area contributed by atoms with Crippen LogP contribution in [0.5, 0.6) is 0 Å². The molecular formula is C8H14O4. The molecular weight excluding hydrogens is 160 g/mol. The van der Waals surface area contributed by atoms with Crippen LogP contribution in [0.4, 0.5) is 0 Å². The Labute approximate surface area is 71.7 Å². The van der Waals surface area contributed by atoms with Gasteiger partial charge >= 0.3 is 0 Å². The van der Waals surface area contributed by atoms with Crippen molar-refractivity contribution in [3.05, 3.63) is 0 Å². The quantitative estimate of drug-likeness (QED) is 0.624. The Morgan fingerprint density at radius 1 is 1.08 bits per heavy atom. The maximum Gasteiger partial charge on any atom is 0.181 e. The van der Waals surface area contributed by atoms with Crippen LogP contribution in [0.1, 0.15) is 12.8 Å². The molecule has 0 aromatic heterocycles. The first-order valence-electron chi connectivity index (χ1n) is 4.41. The molecule has 0 spiro atoms. The summed E-state index contributed by atoms with van der Waals surface area (Å²) in [6.45, 7) is 2.67. The lowest BCUT2D eigenvalue weighted by atomic mass is 10.4. The molecule has 0 radical (unpaired) electrons. The molecule has 0 amide bonds. The molecule has 0 bridgehead atoms. The van der Waals surface area contributed by atoms with Crippen LogP contribution < -0.4 is 0 Å². The second-order valence-corrected chi connectivity index (χ2v) is 2.95.